The molecular weight excluding hydrogens is 496 g/mol. The van der Waals surface area contributed by atoms with Crippen LogP contribution in [0.5, 0.6) is 5.75 Å². The molecule has 0 aromatic heterocycles. The Bertz CT molecular complexity index is 1190. The third-order valence-electron chi connectivity index (χ3n) is 6.27. The molecule has 38 heavy (non-hydrogen) atoms. The molecule has 1 atom stereocenters. The van der Waals surface area contributed by atoms with Gasteiger partial charge in [0.25, 0.3) is 5.91 Å². The number of amides is 2. The Morgan fingerprint density at radius 2 is 1.53 bits per heavy atom. The zero-order chi connectivity index (χ0) is 27.7. The smallest absolute Gasteiger partial charge is 0.261 e. The predicted octanol–water partition coefficient (Wildman–Crippen LogP) is 6.43. The predicted molar refractivity (Wildman–Crippen MR) is 154 cm³/mol. The second-order valence-electron chi connectivity index (χ2n) is 11.0. The molecule has 6 heteroatoms. The summed E-state index contributed by atoms with van der Waals surface area (Å²) in [6.45, 7) is 11.0. The van der Waals surface area contributed by atoms with Crippen molar-refractivity contribution >= 4 is 23.4 Å². The van der Waals surface area contributed by atoms with Crippen LogP contribution in [-0.2, 0) is 28.0 Å². The summed E-state index contributed by atoms with van der Waals surface area (Å²) >= 11 is 6.11. The van der Waals surface area contributed by atoms with E-state index < -0.39 is 6.04 Å². The highest BCUT2D eigenvalue weighted by atomic mass is 35.5. The Morgan fingerprint density at radius 1 is 0.895 bits per heavy atom. The van der Waals surface area contributed by atoms with E-state index in [0.29, 0.717) is 23.7 Å². The van der Waals surface area contributed by atoms with Crippen molar-refractivity contribution in [1.82, 2.24) is 10.2 Å². The third-order valence-corrected chi connectivity index (χ3v) is 6.52. The fourth-order valence-electron chi connectivity index (χ4n) is 4.20. The standard InChI is InChI=1S/C32H39ClN2O3/c1-23(2)20-34-31(37)28(19-24-11-7-6-8-12-24)35(21-25-15-17-26(33)18-16-25)30(36)22-38-29-14-10-9-13-27(29)32(3,4)5/h6-18,23,28H,19-22H2,1-5H3,(H,34,37). The molecule has 1 N–H and O–H groups in total. The van der Waals surface area contributed by atoms with Gasteiger partial charge in [0.1, 0.15) is 11.8 Å². The van der Waals surface area contributed by atoms with Crippen LogP contribution < -0.4 is 10.1 Å². The van der Waals surface area contributed by atoms with E-state index in [0.717, 1.165) is 16.7 Å². The third kappa shape index (κ3) is 8.63. The van der Waals surface area contributed by atoms with Crippen LogP contribution in [0.25, 0.3) is 0 Å². The summed E-state index contributed by atoms with van der Waals surface area (Å²) < 4.78 is 6.10. The monoisotopic (exact) mass is 534 g/mol. The quantitative estimate of drug-likeness (QED) is 0.308. The highest BCUT2D eigenvalue weighted by Crippen LogP contribution is 2.31. The summed E-state index contributed by atoms with van der Waals surface area (Å²) in [5.74, 6) is 0.516. The van der Waals surface area contributed by atoms with Crippen LogP contribution in [0.1, 0.15) is 51.3 Å². The summed E-state index contributed by atoms with van der Waals surface area (Å²) in [6, 6.07) is 24.2. The SMILES string of the molecule is CC(C)CNC(=O)C(Cc1ccccc1)N(Cc1ccc(Cl)cc1)C(=O)COc1ccccc1C(C)(C)C. The average molecular weight is 535 g/mol. The van der Waals surface area contributed by atoms with E-state index in [1.165, 1.54) is 0 Å². The summed E-state index contributed by atoms with van der Waals surface area (Å²) in [5, 5.41) is 3.66. The lowest BCUT2D eigenvalue weighted by Gasteiger charge is -2.32. The molecule has 5 nitrogen and oxygen atoms in total. The Hall–Kier alpha value is -3.31. The molecule has 0 aliphatic heterocycles. The number of ether oxygens (including phenoxy) is 1. The minimum Gasteiger partial charge on any atom is -0.483 e. The summed E-state index contributed by atoms with van der Waals surface area (Å²) in [5.41, 5.74) is 2.74. The van der Waals surface area contributed by atoms with Gasteiger partial charge >= 0.3 is 0 Å². The van der Waals surface area contributed by atoms with E-state index in [1.807, 2.05) is 80.6 Å². The molecule has 0 saturated carbocycles. The van der Waals surface area contributed by atoms with E-state index in [2.05, 4.69) is 26.1 Å². The molecule has 1 unspecified atom stereocenters. The van der Waals surface area contributed by atoms with Gasteiger partial charge in [-0.15, -0.1) is 0 Å². The summed E-state index contributed by atoms with van der Waals surface area (Å²) in [6.07, 6.45) is 0.392. The molecule has 3 aromatic carbocycles. The van der Waals surface area contributed by atoms with Gasteiger partial charge in [0, 0.05) is 24.5 Å². The summed E-state index contributed by atoms with van der Waals surface area (Å²) in [7, 11) is 0. The number of rotatable bonds is 11. The number of benzene rings is 3. The number of para-hydroxylation sites is 1. The van der Waals surface area contributed by atoms with Gasteiger partial charge in [-0.3, -0.25) is 9.59 Å². The second kappa shape index (κ2) is 13.5. The van der Waals surface area contributed by atoms with Gasteiger partial charge < -0.3 is 15.0 Å². The molecule has 0 fully saturated rings. The summed E-state index contributed by atoms with van der Waals surface area (Å²) in [4.78, 5) is 29.0. The minimum atomic E-state index is -0.708. The maximum atomic E-state index is 13.8. The molecule has 202 valence electrons. The van der Waals surface area contributed by atoms with Crippen molar-refractivity contribution in [2.45, 2.75) is 59.0 Å². The van der Waals surface area contributed by atoms with Crippen LogP contribution in [0.3, 0.4) is 0 Å². The normalized spacial score (nSPS) is 12.2. The molecule has 0 bridgehead atoms. The van der Waals surface area contributed by atoms with Gasteiger partial charge in [-0.05, 0) is 46.2 Å². The number of halogens is 1. The van der Waals surface area contributed by atoms with Crippen LogP contribution in [0, 0.1) is 5.92 Å². The van der Waals surface area contributed by atoms with Gasteiger partial charge in [-0.1, -0.05) is 107 Å². The molecule has 0 radical (unpaired) electrons. The largest absolute Gasteiger partial charge is 0.483 e. The maximum Gasteiger partial charge on any atom is 0.261 e. The minimum absolute atomic E-state index is 0.144. The Labute approximate surface area is 232 Å². The molecule has 0 aliphatic carbocycles. The van der Waals surface area contributed by atoms with Crippen LogP contribution in [0.2, 0.25) is 5.02 Å². The molecular formula is C32H39ClN2O3. The maximum absolute atomic E-state index is 13.8. The number of nitrogens with one attached hydrogen (secondary N) is 1. The zero-order valence-electron chi connectivity index (χ0n) is 23.0. The Balaban J connectivity index is 1.93. The molecule has 0 heterocycles. The Morgan fingerprint density at radius 3 is 2.16 bits per heavy atom. The number of carbonyl (C=O) groups excluding carboxylic acids is 2. The first-order chi connectivity index (χ1) is 18.0. The zero-order valence-corrected chi connectivity index (χ0v) is 23.8. The van der Waals surface area contributed by atoms with Crippen molar-refractivity contribution in [3.8, 4) is 5.75 Å². The highest BCUT2D eigenvalue weighted by molar-refractivity contribution is 6.30. The van der Waals surface area contributed by atoms with E-state index >= 15 is 0 Å². The molecule has 3 aromatic rings. The van der Waals surface area contributed by atoms with Crippen LogP contribution >= 0.6 is 11.6 Å². The van der Waals surface area contributed by atoms with Crippen molar-refractivity contribution in [3.63, 3.8) is 0 Å². The van der Waals surface area contributed by atoms with Crippen molar-refractivity contribution in [2.24, 2.45) is 5.92 Å². The number of hydrogen-bond acceptors (Lipinski definition) is 3. The molecule has 3 rings (SSSR count). The number of hydrogen-bond donors (Lipinski definition) is 1. The van der Waals surface area contributed by atoms with Crippen molar-refractivity contribution in [2.75, 3.05) is 13.2 Å². The van der Waals surface area contributed by atoms with Gasteiger partial charge in [-0.25, -0.2) is 0 Å². The van der Waals surface area contributed by atoms with E-state index in [4.69, 9.17) is 16.3 Å². The van der Waals surface area contributed by atoms with Gasteiger partial charge in [0.05, 0.1) is 0 Å². The van der Waals surface area contributed by atoms with E-state index in [1.54, 1.807) is 17.0 Å². The first-order valence-electron chi connectivity index (χ1n) is 13.1. The number of carbonyl (C=O) groups is 2. The van der Waals surface area contributed by atoms with E-state index in [-0.39, 0.29) is 36.3 Å². The van der Waals surface area contributed by atoms with Gasteiger partial charge in [-0.2, -0.15) is 0 Å². The second-order valence-corrected chi connectivity index (χ2v) is 11.5. The average Bonchev–Trinajstić information content (AvgIpc) is 2.89. The fraction of sp³-hybridized carbons (Fsp3) is 0.375. The lowest BCUT2D eigenvalue weighted by Crippen LogP contribution is -2.52. The number of nitrogens with zero attached hydrogens (tertiary/aromatic N) is 1. The highest BCUT2D eigenvalue weighted by Gasteiger charge is 2.31. The van der Waals surface area contributed by atoms with E-state index in [9.17, 15) is 9.59 Å². The first-order valence-corrected chi connectivity index (χ1v) is 13.5. The van der Waals surface area contributed by atoms with Gasteiger partial charge in [0.2, 0.25) is 5.91 Å². The van der Waals surface area contributed by atoms with Crippen molar-refractivity contribution in [3.05, 3.63) is 101 Å². The van der Waals surface area contributed by atoms with Crippen LogP contribution in [-0.4, -0.2) is 35.9 Å². The van der Waals surface area contributed by atoms with Crippen molar-refractivity contribution < 1.29 is 14.3 Å². The molecule has 0 saturated heterocycles. The first kappa shape index (κ1) is 29.2. The van der Waals surface area contributed by atoms with Crippen molar-refractivity contribution in [1.29, 1.82) is 0 Å². The Kier molecular flexibility index (Phi) is 10.4. The fourth-order valence-corrected chi connectivity index (χ4v) is 4.32. The van der Waals surface area contributed by atoms with Crippen LogP contribution in [0.15, 0.2) is 78.9 Å². The topological polar surface area (TPSA) is 58.6 Å². The molecule has 0 aliphatic rings. The van der Waals surface area contributed by atoms with Crippen LogP contribution in [0.4, 0.5) is 0 Å². The lowest BCUT2D eigenvalue weighted by molar-refractivity contribution is -0.142. The molecule has 0 spiro atoms. The lowest BCUT2D eigenvalue weighted by atomic mass is 9.86. The van der Waals surface area contributed by atoms with Gasteiger partial charge in [0.15, 0.2) is 6.61 Å². The molecule has 2 amide bonds.